The Bertz CT molecular complexity index is 195. The van der Waals surface area contributed by atoms with E-state index in [0.29, 0.717) is 18.4 Å². The second-order valence-electron chi connectivity index (χ2n) is 4.76. The maximum atomic E-state index is 5.43. The Morgan fingerprint density at radius 1 is 1.25 bits per heavy atom. The van der Waals surface area contributed by atoms with Gasteiger partial charge in [0.1, 0.15) is 0 Å². The lowest BCUT2D eigenvalue weighted by Crippen LogP contribution is -2.47. The molecule has 0 fully saturated rings. The van der Waals surface area contributed by atoms with Gasteiger partial charge in [-0.2, -0.15) is 0 Å². The van der Waals surface area contributed by atoms with Crippen LogP contribution >= 0.6 is 12.2 Å². The number of hydrogen-bond acceptors (Lipinski definition) is 2. The highest BCUT2D eigenvalue weighted by atomic mass is 32.1. The molecule has 2 N–H and O–H groups in total. The van der Waals surface area contributed by atoms with E-state index in [9.17, 15) is 0 Å². The molecule has 0 saturated carbocycles. The third-order valence-corrected chi connectivity index (χ3v) is 2.56. The standard InChI is InChI=1S/C12H26N2OS/c1-6-15-8-11(10(4)5)14-12(16)13-7-9(2)3/h9-11H,6-8H2,1-5H3,(H2,13,14,16). The molecule has 0 aromatic rings. The van der Waals surface area contributed by atoms with Gasteiger partial charge < -0.3 is 15.4 Å². The van der Waals surface area contributed by atoms with Gasteiger partial charge in [0.15, 0.2) is 5.11 Å². The minimum Gasteiger partial charge on any atom is -0.380 e. The summed E-state index contributed by atoms with van der Waals surface area (Å²) in [6, 6.07) is 0.284. The van der Waals surface area contributed by atoms with E-state index < -0.39 is 0 Å². The molecule has 0 saturated heterocycles. The quantitative estimate of drug-likeness (QED) is 0.675. The predicted octanol–water partition coefficient (Wildman–Crippen LogP) is 2.17. The highest BCUT2D eigenvalue weighted by molar-refractivity contribution is 7.80. The fourth-order valence-electron chi connectivity index (χ4n) is 1.16. The second-order valence-corrected chi connectivity index (χ2v) is 5.17. The molecular formula is C12H26N2OS. The van der Waals surface area contributed by atoms with Crippen molar-refractivity contribution in [1.29, 1.82) is 0 Å². The van der Waals surface area contributed by atoms with Gasteiger partial charge in [0.2, 0.25) is 0 Å². The minimum atomic E-state index is 0.284. The number of rotatable bonds is 7. The van der Waals surface area contributed by atoms with E-state index in [1.165, 1.54) is 0 Å². The largest absolute Gasteiger partial charge is 0.380 e. The van der Waals surface area contributed by atoms with Crippen LogP contribution in [0.25, 0.3) is 0 Å². The summed E-state index contributed by atoms with van der Waals surface area (Å²) in [7, 11) is 0. The average Bonchev–Trinajstić information content (AvgIpc) is 2.20. The lowest BCUT2D eigenvalue weighted by atomic mass is 10.1. The molecule has 1 unspecified atom stereocenters. The third kappa shape index (κ3) is 7.88. The van der Waals surface area contributed by atoms with E-state index in [0.717, 1.165) is 18.3 Å². The Morgan fingerprint density at radius 2 is 1.88 bits per heavy atom. The van der Waals surface area contributed by atoms with Gasteiger partial charge in [-0.3, -0.25) is 0 Å². The Labute approximate surface area is 105 Å². The molecule has 0 amide bonds. The first-order valence-electron chi connectivity index (χ1n) is 6.09. The topological polar surface area (TPSA) is 33.3 Å². The van der Waals surface area contributed by atoms with Crippen molar-refractivity contribution in [3.05, 3.63) is 0 Å². The van der Waals surface area contributed by atoms with Gasteiger partial charge in [-0.1, -0.05) is 27.7 Å². The molecule has 0 aliphatic rings. The first kappa shape index (κ1) is 15.7. The maximum absolute atomic E-state index is 5.43. The molecule has 0 aromatic carbocycles. The average molecular weight is 246 g/mol. The summed E-state index contributed by atoms with van der Waals surface area (Å²) < 4.78 is 5.43. The van der Waals surface area contributed by atoms with E-state index in [1.807, 2.05) is 6.92 Å². The predicted molar refractivity (Wildman–Crippen MR) is 73.7 cm³/mol. The van der Waals surface area contributed by atoms with E-state index >= 15 is 0 Å². The van der Waals surface area contributed by atoms with E-state index in [4.69, 9.17) is 17.0 Å². The number of ether oxygens (including phenoxy) is 1. The monoisotopic (exact) mass is 246 g/mol. The Kier molecular flexibility index (Phi) is 8.57. The van der Waals surface area contributed by atoms with Crippen LogP contribution in [0.15, 0.2) is 0 Å². The van der Waals surface area contributed by atoms with Crippen molar-refractivity contribution in [2.24, 2.45) is 11.8 Å². The van der Waals surface area contributed by atoms with Crippen molar-refractivity contribution in [2.45, 2.75) is 40.7 Å². The van der Waals surface area contributed by atoms with Crippen LogP contribution in [0.1, 0.15) is 34.6 Å². The Balaban J connectivity index is 3.93. The van der Waals surface area contributed by atoms with Gasteiger partial charge in [-0.25, -0.2) is 0 Å². The van der Waals surface area contributed by atoms with Gasteiger partial charge in [-0.15, -0.1) is 0 Å². The summed E-state index contributed by atoms with van der Waals surface area (Å²) in [6.07, 6.45) is 0. The summed E-state index contributed by atoms with van der Waals surface area (Å²) in [5.74, 6) is 1.11. The molecular weight excluding hydrogens is 220 g/mol. The molecule has 0 aliphatic carbocycles. The minimum absolute atomic E-state index is 0.284. The van der Waals surface area contributed by atoms with Crippen molar-refractivity contribution in [1.82, 2.24) is 10.6 Å². The van der Waals surface area contributed by atoms with Crippen molar-refractivity contribution in [3.63, 3.8) is 0 Å². The Hall–Kier alpha value is -0.350. The van der Waals surface area contributed by atoms with Crippen LogP contribution in [-0.2, 0) is 4.74 Å². The molecule has 0 spiro atoms. The van der Waals surface area contributed by atoms with Crippen LogP contribution in [0.3, 0.4) is 0 Å². The van der Waals surface area contributed by atoms with Crippen LogP contribution in [0.5, 0.6) is 0 Å². The van der Waals surface area contributed by atoms with Crippen molar-refractivity contribution < 1.29 is 4.74 Å². The maximum Gasteiger partial charge on any atom is 0.166 e. The molecule has 4 heteroatoms. The molecule has 0 rings (SSSR count). The first-order chi connectivity index (χ1) is 7.47. The molecule has 0 aromatic heterocycles. The molecule has 0 heterocycles. The summed E-state index contributed by atoms with van der Waals surface area (Å²) in [4.78, 5) is 0. The van der Waals surface area contributed by atoms with E-state index in [2.05, 4.69) is 38.3 Å². The lowest BCUT2D eigenvalue weighted by molar-refractivity contribution is 0.115. The third-order valence-electron chi connectivity index (χ3n) is 2.29. The van der Waals surface area contributed by atoms with Crippen molar-refractivity contribution in [3.8, 4) is 0 Å². The van der Waals surface area contributed by atoms with Crippen LogP contribution in [0.2, 0.25) is 0 Å². The number of hydrogen-bond donors (Lipinski definition) is 2. The van der Waals surface area contributed by atoms with Gasteiger partial charge >= 0.3 is 0 Å². The van der Waals surface area contributed by atoms with Gasteiger partial charge in [0, 0.05) is 13.2 Å². The van der Waals surface area contributed by atoms with E-state index in [-0.39, 0.29) is 6.04 Å². The molecule has 0 bridgehead atoms. The van der Waals surface area contributed by atoms with E-state index in [1.54, 1.807) is 0 Å². The van der Waals surface area contributed by atoms with Crippen LogP contribution < -0.4 is 10.6 Å². The first-order valence-corrected chi connectivity index (χ1v) is 6.50. The normalized spacial score (nSPS) is 12.9. The van der Waals surface area contributed by atoms with Crippen LogP contribution in [-0.4, -0.2) is 30.9 Å². The van der Waals surface area contributed by atoms with Gasteiger partial charge in [-0.05, 0) is 31.0 Å². The van der Waals surface area contributed by atoms with Crippen molar-refractivity contribution in [2.75, 3.05) is 19.8 Å². The molecule has 0 radical (unpaired) electrons. The molecule has 96 valence electrons. The molecule has 0 aliphatic heterocycles. The second kappa shape index (κ2) is 8.76. The fraction of sp³-hybridized carbons (Fsp3) is 0.917. The zero-order chi connectivity index (χ0) is 12.6. The van der Waals surface area contributed by atoms with Crippen LogP contribution in [0.4, 0.5) is 0 Å². The zero-order valence-electron chi connectivity index (χ0n) is 11.2. The van der Waals surface area contributed by atoms with Gasteiger partial charge in [0.05, 0.1) is 12.6 Å². The molecule has 1 atom stereocenters. The molecule has 3 nitrogen and oxygen atoms in total. The Morgan fingerprint density at radius 3 is 2.31 bits per heavy atom. The number of thiocarbonyl (C=S) groups is 1. The van der Waals surface area contributed by atoms with Gasteiger partial charge in [0.25, 0.3) is 0 Å². The summed E-state index contributed by atoms with van der Waals surface area (Å²) in [6.45, 7) is 13.0. The number of nitrogens with one attached hydrogen (secondary N) is 2. The summed E-state index contributed by atoms with van der Waals surface area (Å²) >= 11 is 5.24. The zero-order valence-corrected chi connectivity index (χ0v) is 12.0. The van der Waals surface area contributed by atoms with Crippen LogP contribution in [0, 0.1) is 11.8 Å². The smallest absolute Gasteiger partial charge is 0.166 e. The molecule has 16 heavy (non-hydrogen) atoms. The lowest BCUT2D eigenvalue weighted by Gasteiger charge is -2.24. The SMILES string of the molecule is CCOCC(NC(=S)NCC(C)C)C(C)C. The highest BCUT2D eigenvalue weighted by Gasteiger charge is 2.14. The highest BCUT2D eigenvalue weighted by Crippen LogP contribution is 2.02. The summed E-state index contributed by atoms with van der Waals surface area (Å²) in [5, 5.41) is 7.24. The fourth-order valence-corrected chi connectivity index (χ4v) is 1.40. The van der Waals surface area contributed by atoms with Crippen molar-refractivity contribution >= 4 is 17.3 Å². The summed E-state index contributed by atoms with van der Waals surface area (Å²) in [5.41, 5.74) is 0.